The van der Waals surface area contributed by atoms with Crippen LogP contribution in [0.25, 0.3) is 0 Å². The number of primary amides is 1. The Morgan fingerprint density at radius 3 is 2.81 bits per heavy atom. The van der Waals surface area contributed by atoms with Crippen LogP contribution in [-0.4, -0.2) is 18.9 Å². The summed E-state index contributed by atoms with van der Waals surface area (Å²) in [4.78, 5) is 10.3. The molecule has 0 heterocycles. The van der Waals surface area contributed by atoms with Gasteiger partial charge in [-0.05, 0) is 29.8 Å². The molecule has 1 aromatic carbocycles. The lowest BCUT2D eigenvalue weighted by Crippen LogP contribution is -2.24. The number of amides is 2. The number of carbonyl (C=O) groups is 1. The summed E-state index contributed by atoms with van der Waals surface area (Å²) < 4.78 is 5.06. The second-order valence-corrected chi connectivity index (χ2v) is 2.75. The number of nitrogens with zero attached hydrogens (tertiary/aromatic N) is 2. The van der Waals surface area contributed by atoms with Crippen LogP contribution in [0.15, 0.2) is 29.4 Å². The highest BCUT2D eigenvalue weighted by Crippen LogP contribution is 2.10. The molecule has 16 heavy (non-hydrogen) atoms. The van der Waals surface area contributed by atoms with Crippen LogP contribution in [-0.2, 0) is 0 Å². The Bertz CT molecular complexity index is 419. The number of hydrogen-bond acceptors (Lipinski definition) is 4. The number of hydrazone groups is 1. The quantitative estimate of drug-likeness (QED) is 0.571. The zero-order valence-corrected chi connectivity index (χ0v) is 8.38. The van der Waals surface area contributed by atoms with Crippen molar-refractivity contribution < 1.29 is 9.53 Å². The summed E-state index contributed by atoms with van der Waals surface area (Å²) in [7, 11) is 0. The molecule has 0 atom stereocenters. The first kappa shape index (κ1) is 11.5. The first-order valence-corrected chi connectivity index (χ1v) is 4.40. The lowest BCUT2D eigenvalue weighted by molar-refractivity contribution is 0.249. The normalized spacial score (nSPS) is 9.69. The van der Waals surface area contributed by atoms with Crippen LogP contribution in [0.5, 0.6) is 5.75 Å². The molecule has 1 aromatic rings. The molecule has 0 saturated carbocycles. The lowest BCUT2D eigenvalue weighted by atomic mass is 10.2. The van der Waals surface area contributed by atoms with E-state index in [-0.39, 0.29) is 6.61 Å². The predicted molar refractivity (Wildman–Crippen MR) is 57.9 cm³/mol. The Hall–Kier alpha value is -2.55. The van der Waals surface area contributed by atoms with Crippen LogP contribution in [0.2, 0.25) is 0 Å². The van der Waals surface area contributed by atoms with Crippen LogP contribution >= 0.6 is 0 Å². The maximum atomic E-state index is 10.3. The number of nitrogens with two attached hydrogens (primary N) is 1. The Morgan fingerprint density at radius 2 is 2.25 bits per heavy atom. The zero-order valence-electron chi connectivity index (χ0n) is 8.38. The van der Waals surface area contributed by atoms with Crippen LogP contribution in [0.4, 0.5) is 4.79 Å². The van der Waals surface area contributed by atoms with Gasteiger partial charge in [-0.1, -0.05) is 0 Å². The zero-order chi connectivity index (χ0) is 11.8. The van der Waals surface area contributed by atoms with Gasteiger partial charge in [0.15, 0.2) is 6.61 Å². The molecule has 0 aliphatic carbocycles. The number of rotatable bonds is 4. The molecule has 0 fully saturated rings. The lowest BCUT2D eigenvalue weighted by Gasteiger charge is -2.00. The Balaban J connectivity index is 2.54. The van der Waals surface area contributed by atoms with Gasteiger partial charge in [0.2, 0.25) is 0 Å². The first-order valence-electron chi connectivity index (χ1n) is 4.40. The molecule has 0 bridgehead atoms. The van der Waals surface area contributed by atoms with Gasteiger partial charge >= 0.3 is 6.03 Å². The molecule has 0 radical (unpaired) electrons. The van der Waals surface area contributed by atoms with Gasteiger partial charge in [0.25, 0.3) is 0 Å². The number of nitrogens with one attached hydrogen (secondary N) is 1. The van der Waals surface area contributed by atoms with Gasteiger partial charge in [0.05, 0.1) is 6.21 Å². The maximum Gasteiger partial charge on any atom is 0.332 e. The van der Waals surface area contributed by atoms with Crippen molar-refractivity contribution in [3.8, 4) is 11.8 Å². The Morgan fingerprint density at radius 1 is 1.56 bits per heavy atom. The molecule has 3 N–H and O–H groups in total. The van der Waals surface area contributed by atoms with E-state index < -0.39 is 6.03 Å². The van der Waals surface area contributed by atoms with Gasteiger partial charge in [0.1, 0.15) is 11.8 Å². The van der Waals surface area contributed by atoms with Crippen molar-refractivity contribution in [3.63, 3.8) is 0 Å². The van der Waals surface area contributed by atoms with E-state index in [4.69, 9.17) is 15.7 Å². The molecule has 0 spiro atoms. The highest BCUT2D eigenvalue weighted by Gasteiger charge is 1.93. The molecule has 6 nitrogen and oxygen atoms in total. The summed E-state index contributed by atoms with van der Waals surface area (Å²) in [5.41, 5.74) is 7.67. The number of ether oxygens (including phenoxy) is 1. The van der Waals surface area contributed by atoms with Gasteiger partial charge in [-0.2, -0.15) is 10.4 Å². The van der Waals surface area contributed by atoms with Gasteiger partial charge in [-0.25, -0.2) is 10.2 Å². The molecule has 1 rings (SSSR count). The molecular formula is C10H10N4O2. The Labute approximate surface area is 92.3 Å². The fourth-order valence-electron chi connectivity index (χ4n) is 0.936. The van der Waals surface area contributed by atoms with E-state index in [1.807, 2.05) is 6.07 Å². The standard InChI is InChI=1S/C10H10N4O2/c11-5-6-16-9-3-1-8(2-4-9)7-13-14-10(12)15/h1-4,7H,6H2,(H3,12,14,15)/b13-7-. The average molecular weight is 218 g/mol. The summed E-state index contributed by atoms with van der Waals surface area (Å²) in [6, 6.07) is 8.01. The Kier molecular flexibility index (Phi) is 4.34. The smallest absolute Gasteiger partial charge is 0.332 e. The van der Waals surface area contributed by atoms with Crippen molar-refractivity contribution in [2.45, 2.75) is 0 Å². The minimum atomic E-state index is -0.717. The van der Waals surface area contributed by atoms with Gasteiger partial charge in [0, 0.05) is 0 Å². The second kappa shape index (κ2) is 6.03. The van der Waals surface area contributed by atoms with Crippen molar-refractivity contribution >= 4 is 12.2 Å². The van der Waals surface area contributed by atoms with Crippen LogP contribution in [0.3, 0.4) is 0 Å². The molecule has 0 unspecified atom stereocenters. The maximum absolute atomic E-state index is 10.3. The number of carbonyl (C=O) groups excluding carboxylic acids is 1. The molecule has 82 valence electrons. The number of benzene rings is 1. The van der Waals surface area contributed by atoms with Crippen LogP contribution < -0.4 is 15.9 Å². The fraction of sp³-hybridized carbons (Fsp3) is 0.100. The summed E-state index contributed by atoms with van der Waals surface area (Å²) in [5, 5.41) is 11.9. The van der Waals surface area contributed by atoms with Crippen LogP contribution in [0.1, 0.15) is 5.56 Å². The van der Waals surface area contributed by atoms with Crippen molar-refractivity contribution in [3.05, 3.63) is 29.8 Å². The summed E-state index contributed by atoms with van der Waals surface area (Å²) in [6.45, 7) is 0.0106. The van der Waals surface area contributed by atoms with Crippen molar-refractivity contribution in [1.29, 1.82) is 5.26 Å². The van der Waals surface area contributed by atoms with Crippen molar-refractivity contribution in [2.24, 2.45) is 10.8 Å². The molecule has 0 aromatic heterocycles. The monoisotopic (exact) mass is 218 g/mol. The van der Waals surface area contributed by atoms with E-state index in [1.54, 1.807) is 24.3 Å². The second-order valence-electron chi connectivity index (χ2n) is 2.75. The number of nitriles is 1. The van der Waals surface area contributed by atoms with Crippen LogP contribution in [0, 0.1) is 11.3 Å². The fourth-order valence-corrected chi connectivity index (χ4v) is 0.936. The molecule has 0 saturated heterocycles. The van der Waals surface area contributed by atoms with Crippen molar-refractivity contribution in [2.75, 3.05) is 6.61 Å². The minimum absolute atomic E-state index is 0.0106. The van der Waals surface area contributed by atoms with Gasteiger partial charge < -0.3 is 10.5 Å². The predicted octanol–water partition coefficient (Wildman–Crippen LogP) is 0.591. The highest BCUT2D eigenvalue weighted by atomic mass is 16.5. The third kappa shape index (κ3) is 4.11. The SMILES string of the molecule is N#CCOc1ccc(/C=N\NC(N)=O)cc1. The topological polar surface area (TPSA) is 100 Å². The molecule has 6 heteroatoms. The van der Waals surface area contributed by atoms with Gasteiger partial charge in [-0.3, -0.25) is 0 Å². The summed E-state index contributed by atoms with van der Waals surface area (Å²) in [6.07, 6.45) is 1.44. The average Bonchev–Trinajstić information content (AvgIpc) is 2.27. The van der Waals surface area contributed by atoms with E-state index in [9.17, 15) is 4.79 Å². The van der Waals surface area contributed by atoms with E-state index in [2.05, 4.69) is 10.5 Å². The third-order valence-corrected chi connectivity index (χ3v) is 1.57. The molecule has 2 amide bonds. The van der Waals surface area contributed by atoms with E-state index in [0.717, 1.165) is 5.56 Å². The highest BCUT2D eigenvalue weighted by molar-refractivity contribution is 5.81. The van der Waals surface area contributed by atoms with E-state index in [0.29, 0.717) is 5.75 Å². The number of hydrogen-bond donors (Lipinski definition) is 2. The molecular weight excluding hydrogens is 208 g/mol. The summed E-state index contributed by atoms with van der Waals surface area (Å²) in [5.74, 6) is 0.599. The minimum Gasteiger partial charge on any atom is -0.479 e. The first-order chi connectivity index (χ1) is 7.72. The van der Waals surface area contributed by atoms with E-state index >= 15 is 0 Å². The summed E-state index contributed by atoms with van der Waals surface area (Å²) >= 11 is 0. The van der Waals surface area contributed by atoms with E-state index in [1.165, 1.54) is 6.21 Å². The van der Waals surface area contributed by atoms with Gasteiger partial charge in [-0.15, -0.1) is 0 Å². The largest absolute Gasteiger partial charge is 0.479 e. The molecule has 0 aliphatic rings. The number of urea groups is 1. The van der Waals surface area contributed by atoms with Crippen molar-refractivity contribution in [1.82, 2.24) is 5.43 Å². The third-order valence-electron chi connectivity index (χ3n) is 1.57. The molecule has 0 aliphatic heterocycles.